The van der Waals surface area contributed by atoms with Crippen LogP contribution in [0.15, 0.2) is 48.5 Å². The highest BCUT2D eigenvalue weighted by Crippen LogP contribution is 2.44. The van der Waals surface area contributed by atoms with Gasteiger partial charge in [0.05, 0.1) is 12.5 Å². The van der Waals surface area contributed by atoms with E-state index in [2.05, 4.69) is 17.4 Å². The molecule has 2 amide bonds. The summed E-state index contributed by atoms with van der Waals surface area (Å²) >= 11 is 0. The number of ether oxygens (including phenoxy) is 2. The van der Waals surface area contributed by atoms with Crippen LogP contribution in [0.1, 0.15) is 36.8 Å². The van der Waals surface area contributed by atoms with Crippen molar-refractivity contribution in [2.24, 2.45) is 5.92 Å². The molecule has 0 aromatic heterocycles. The maximum atomic E-state index is 13.3. The Morgan fingerprint density at radius 1 is 1.09 bits per heavy atom. The smallest absolute Gasteiger partial charge is 0.408 e. The number of nitrogens with zero attached hydrogens (tertiary/aromatic N) is 1. The van der Waals surface area contributed by atoms with Crippen LogP contribution in [0, 0.1) is 5.92 Å². The molecular weight excluding hydrogens is 436 g/mol. The summed E-state index contributed by atoms with van der Waals surface area (Å²) < 4.78 is 10.8. The lowest BCUT2D eigenvalue weighted by molar-refractivity contribution is -0.148. The van der Waals surface area contributed by atoms with Gasteiger partial charge in [0, 0.05) is 26.1 Å². The van der Waals surface area contributed by atoms with Crippen LogP contribution in [-0.2, 0) is 19.1 Å². The number of piperidine rings is 1. The van der Waals surface area contributed by atoms with Gasteiger partial charge in [-0.2, -0.15) is 0 Å². The average molecular weight is 467 g/mol. The maximum Gasteiger partial charge on any atom is 0.408 e. The van der Waals surface area contributed by atoms with E-state index in [0.29, 0.717) is 19.4 Å². The van der Waals surface area contributed by atoms with E-state index in [-0.39, 0.29) is 31.6 Å². The highest BCUT2D eigenvalue weighted by molar-refractivity contribution is 5.90. The Balaban J connectivity index is 1.44. The molecule has 2 aromatic carbocycles. The van der Waals surface area contributed by atoms with Crippen molar-refractivity contribution >= 4 is 18.0 Å². The number of amides is 2. The summed E-state index contributed by atoms with van der Waals surface area (Å²) in [5.41, 5.74) is 3.08. The number of rotatable bonds is 7. The van der Waals surface area contributed by atoms with E-state index in [0.717, 1.165) is 22.3 Å². The van der Waals surface area contributed by atoms with Gasteiger partial charge in [-0.05, 0) is 42.0 Å². The molecule has 180 valence electrons. The quantitative estimate of drug-likeness (QED) is 0.649. The topological polar surface area (TPSA) is 105 Å². The van der Waals surface area contributed by atoms with Crippen molar-refractivity contribution in [3.63, 3.8) is 0 Å². The fourth-order valence-electron chi connectivity index (χ4n) is 5.01. The summed E-state index contributed by atoms with van der Waals surface area (Å²) in [6.45, 7) is 2.19. The van der Waals surface area contributed by atoms with E-state index in [1.165, 1.54) is 12.0 Å². The molecule has 2 aromatic rings. The zero-order valence-electron chi connectivity index (χ0n) is 19.5. The lowest BCUT2D eigenvalue weighted by Crippen LogP contribution is -2.62. The summed E-state index contributed by atoms with van der Waals surface area (Å²) in [5.74, 6) is -2.01. The molecule has 4 rings (SSSR count). The minimum Gasteiger partial charge on any atom is -0.481 e. The predicted octanol–water partition coefficient (Wildman–Crippen LogP) is 3.25. The number of carbonyl (C=O) groups is 3. The number of carbonyl (C=O) groups excluding carboxylic acids is 2. The Hall–Kier alpha value is -3.39. The number of likely N-dealkylation sites (tertiary alicyclic amines) is 1. The molecule has 0 bridgehead atoms. The Bertz CT molecular complexity index is 1040. The zero-order chi connectivity index (χ0) is 24.3. The number of aliphatic carboxylic acids is 1. The van der Waals surface area contributed by atoms with E-state index >= 15 is 0 Å². The van der Waals surface area contributed by atoms with Crippen LogP contribution in [0.25, 0.3) is 11.1 Å². The van der Waals surface area contributed by atoms with Crippen molar-refractivity contribution in [3.05, 3.63) is 59.7 Å². The van der Waals surface area contributed by atoms with Crippen LogP contribution in [0.4, 0.5) is 4.79 Å². The number of carboxylic acid groups (broad SMARTS) is 1. The normalized spacial score (nSPS) is 19.0. The SMILES string of the molecule is COCC(C)(NC(=O)OCC1c2ccccc2-c2ccccc21)C(=O)N1CCC[C@@H](C(=O)O)C1. The minimum absolute atomic E-state index is 0.0652. The first kappa shape index (κ1) is 23.8. The number of alkyl carbamates (subject to hydrolysis) is 1. The van der Waals surface area contributed by atoms with Gasteiger partial charge in [-0.3, -0.25) is 9.59 Å². The highest BCUT2D eigenvalue weighted by Gasteiger charge is 2.41. The molecule has 2 N–H and O–H groups in total. The van der Waals surface area contributed by atoms with Crippen molar-refractivity contribution in [1.29, 1.82) is 0 Å². The highest BCUT2D eigenvalue weighted by atomic mass is 16.5. The van der Waals surface area contributed by atoms with Crippen molar-refractivity contribution in [2.75, 3.05) is 33.4 Å². The Kier molecular flexibility index (Phi) is 6.88. The van der Waals surface area contributed by atoms with Crippen LogP contribution in [-0.4, -0.2) is 66.9 Å². The third-order valence-corrected chi connectivity index (χ3v) is 6.68. The molecule has 2 aliphatic rings. The standard InChI is InChI=1S/C26H30N2O6/c1-26(16-33-2,24(31)28-13-7-8-17(14-28)23(29)30)27-25(32)34-15-22-20-11-5-3-9-18(20)19-10-4-6-12-21(19)22/h3-6,9-12,17,22H,7-8,13-16H2,1-2H3,(H,27,32)(H,29,30)/t17-,26?/m1/s1. The van der Waals surface area contributed by atoms with E-state index < -0.39 is 23.5 Å². The van der Waals surface area contributed by atoms with Gasteiger partial charge in [-0.15, -0.1) is 0 Å². The summed E-state index contributed by atoms with van der Waals surface area (Å²) in [6, 6.07) is 16.1. The molecular formula is C26H30N2O6. The molecule has 8 nitrogen and oxygen atoms in total. The third-order valence-electron chi connectivity index (χ3n) is 6.68. The molecule has 0 spiro atoms. The van der Waals surface area contributed by atoms with Crippen molar-refractivity contribution < 1.29 is 29.0 Å². The monoisotopic (exact) mass is 466 g/mol. The predicted molar refractivity (Wildman–Crippen MR) is 125 cm³/mol. The minimum atomic E-state index is -1.38. The second-order valence-electron chi connectivity index (χ2n) is 9.14. The molecule has 2 atom stereocenters. The molecule has 1 heterocycles. The fourth-order valence-corrected chi connectivity index (χ4v) is 5.01. The van der Waals surface area contributed by atoms with Crippen LogP contribution >= 0.6 is 0 Å². The van der Waals surface area contributed by atoms with Gasteiger partial charge in [0.1, 0.15) is 12.1 Å². The van der Waals surface area contributed by atoms with E-state index in [4.69, 9.17) is 9.47 Å². The molecule has 8 heteroatoms. The van der Waals surface area contributed by atoms with Crippen LogP contribution in [0.2, 0.25) is 0 Å². The molecule has 34 heavy (non-hydrogen) atoms. The van der Waals surface area contributed by atoms with Gasteiger partial charge in [0.15, 0.2) is 0 Å². The van der Waals surface area contributed by atoms with Gasteiger partial charge in [-0.25, -0.2) is 4.79 Å². The first-order valence-electron chi connectivity index (χ1n) is 11.5. The molecule has 1 fully saturated rings. The first-order chi connectivity index (χ1) is 16.3. The molecule has 1 aliphatic heterocycles. The molecule has 1 saturated heterocycles. The molecule has 0 saturated carbocycles. The lowest BCUT2D eigenvalue weighted by atomic mass is 9.94. The summed E-state index contributed by atoms with van der Waals surface area (Å²) in [4.78, 5) is 39.0. The van der Waals surface area contributed by atoms with Gasteiger partial charge in [0.2, 0.25) is 0 Å². The van der Waals surface area contributed by atoms with Gasteiger partial charge < -0.3 is 24.8 Å². The molecule has 0 radical (unpaired) electrons. The number of nitrogens with one attached hydrogen (secondary N) is 1. The van der Waals surface area contributed by atoms with Crippen molar-refractivity contribution in [2.45, 2.75) is 31.2 Å². The average Bonchev–Trinajstić information content (AvgIpc) is 3.16. The first-order valence-corrected chi connectivity index (χ1v) is 11.5. The number of hydrogen-bond donors (Lipinski definition) is 2. The van der Waals surface area contributed by atoms with Gasteiger partial charge in [0.25, 0.3) is 5.91 Å². The molecule has 1 aliphatic carbocycles. The second-order valence-corrected chi connectivity index (χ2v) is 9.14. The second kappa shape index (κ2) is 9.85. The van der Waals surface area contributed by atoms with E-state index in [1.54, 1.807) is 6.92 Å². The van der Waals surface area contributed by atoms with Gasteiger partial charge in [-0.1, -0.05) is 48.5 Å². The Morgan fingerprint density at radius 3 is 2.29 bits per heavy atom. The van der Waals surface area contributed by atoms with E-state index in [1.807, 2.05) is 36.4 Å². The summed E-state index contributed by atoms with van der Waals surface area (Å²) in [7, 11) is 1.45. The van der Waals surface area contributed by atoms with E-state index in [9.17, 15) is 19.5 Å². The third kappa shape index (κ3) is 4.63. The maximum absolute atomic E-state index is 13.3. The van der Waals surface area contributed by atoms with Crippen molar-refractivity contribution in [1.82, 2.24) is 10.2 Å². The largest absolute Gasteiger partial charge is 0.481 e. The lowest BCUT2D eigenvalue weighted by Gasteiger charge is -2.38. The number of methoxy groups -OCH3 is 1. The number of carboxylic acids is 1. The Labute approximate surface area is 198 Å². The molecule has 1 unspecified atom stereocenters. The summed E-state index contributed by atoms with van der Waals surface area (Å²) in [5, 5.41) is 12.0. The zero-order valence-corrected chi connectivity index (χ0v) is 19.5. The van der Waals surface area contributed by atoms with Crippen LogP contribution in [0.3, 0.4) is 0 Å². The summed E-state index contributed by atoms with van der Waals surface area (Å²) in [6.07, 6.45) is 0.401. The van der Waals surface area contributed by atoms with Gasteiger partial charge >= 0.3 is 12.1 Å². The Morgan fingerprint density at radius 2 is 1.71 bits per heavy atom. The van der Waals surface area contributed by atoms with Crippen molar-refractivity contribution in [3.8, 4) is 11.1 Å². The van der Waals surface area contributed by atoms with Crippen LogP contribution in [0.5, 0.6) is 0 Å². The fraction of sp³-hybridized carbons (Fsp3) is 0.423. The number of fused-ring (bicyclic) bond motifs is 3. The number of benzene rings is 2. The van der Waals surface area contributed by atoms with Crippen LogP contribution < -0.4 is 5.32 Å². The number of hydrogen-bond acceptors (Lipinski definition) is 5.